The predicted octanol–water partition coefficient (Wildman–Crippen LogP) is 0.351. The van der Waals surface area contributed by atoms with Crippen LogP contribution in [0.25, 0.3) is 0 Å². The predicted molar refractivity (Wildman–Crippen MR) is 71.7 cm³/mol. The van der Waals surface area contributed by atoms with Crippen molar-refractivity contribution in [2.24, 2.45) is 0 Å². The van der Waals surface area contributed by atoms with Crippen LogP contribution in [0.3, 0.4) is 0 Å². The summed E-state index contributed by atoms with van der Waals surface area (Å²) in [6.07, 6.45) is 6.30. The zero-order chi connectivity index (χ0) is 12.2. The molecule has 5 nitrogen and oxygen atoms in total. The van der Waals surface area contributed by atoms with Crippen molar-refractivity contribution < 1.29 is 0 Å². The highest BCUT2D eigenvalue weighted by atomic mass is 15.3. The maximum absolute atomic E-state index is 4.31. The third kappa shape index (κ3) is 2.79. The minimum absolute atomic E-state index is 0.713. The van der Waals surface area contributed by atoms with E-state index in [1.54, 1.807) is 0 Å². The lowest BCUT2D eigenvalue weighted by atomic mass is 10.2. The fourth-order valence-corrected chi connectivity index (χ4v) is 2.81. The molecule has 2 fully saturated rings. The van der Waals surface area contributed by atoms with E-state index in [0.717, 1.165) is 32.1 Å². The summed E-state index contributed by atoms with van der Waals surface area (Å²) >= 11 is 0. The summed E-state index contributed by atoms with van der Waals surface area (Å²) < 4.78 is 0. The normalized spacial score (nSPS) is 25.6. The van der Waals surface area contributed by atoms with Gasteiger partial charge in [0.2, 0.25) is 5.95 Å². The molecule has 1 aromatic heterocycles. The van der Waals surface area contributed by atoms with Crippen molar-refractivity contribution in [2.45, 2.75) is 18.9 Å². The van der Waals surface area contributed by atoms with Gasteiger partial charge in [0.25, 0.3) is 0 Å². The van der Waals surface area contributed by atoms with Crippen molar-refractivity contribution in [1.82, 2.24) is 20.2 Å². The van der Waals surface area contributed by atoms with Crippen LogP contribution in [0.5, 0.6) is 0 Å². The molecule has 3 heterocycles. The van der Waals surface area contributed by atoms with Crippen molar-refractivity contribution in [3.8, 4) is 0 Å². The van der Waals surface area contributed by atoms with E-state index in [2.05, 4.69) is 25.1 Å². The number of nitrogens with zero attached hydrogens (tertiary/aromatic N) is 4. The van der Waals surface area contributed by atoms with E-state index in [9.17, 15) is 0 Å². The molecule has 1 N–H and O–H groups in total. The standard InChI is InChI=1S/C13H21N5/c1-3-12(14-4-1)11-17-7-9-18(10-8-17)13-15-5-2-6-16-13/h2,5-6,12,14H,1,3-4,7-11H2. The monoisotopic (exact) mass is 247 g/mol. The molecule has 0 spiro atoms. The Morgan fingerprint density at radius 1 is 1.17 bits per heavy atom. The Hall–Kier alpha value is -1.20. The van der Waals surface area contributed by atoms with Crippen molar-refractivity contribution in [3.05, 3.63) is 18.5 Å². The van der Waals surface area contributed by atoms with Crippen LogP contribution >= 0.6 is 0 Å². The average molecular weight is 247 g/mol. The third-order valence-corrected chi connectivity index (χ3v) is 3.85. The minimum atomic E-state index is 0.713. The summed E-state index contributed by atoms with van der Waals surface area (Å²) in [5.41, 5.74) is 0. The van der Waals surface area contributed by atoms with Gasteiger partial charge < -0.3 is 10.2 Å². The lowest BCUT2D eigenvalue weighted by molar-refractivity contribution is 0.235. The molecule has 0 saturated carbocycles. The molecule has 1 atom stereocenters. The number of hydrogen-bond donors (Lipinski definition) is 1. The first-order chi connectivity index (χ1) is 8.92. The molecular formula is C13H21N5. The van der Waals surface area contributed by atoms with Crippen molar-refractivity contribution in [3.63, 3.8) is 0 Å². The molecule has 2 aliphatic rings. The van der Waals surface area contributed by atoms with Gasteiger partial charge in [-0.1, -0.05) is 0 Å². The maximum atomic E-state index is 4.31. The van der Waals surface area contributed by atoms with Crippen LogP contribution in [0.1, 0.15) is 12.8 Å². The Kier molecular flexibility index (Phi) is 3.71. The van der Waals surface area contributed by atoms with Gasteiger partial charge in [0.15, 0.2) is 0 Å². The molecule has 0 aliphatic carbocycles. The first kappa shape index (κ1) is 11.9. The fraction of sp³-hybridized carbons (Fsp3) is 0.692. The molecule has 18 heavy (non-hydrogen) atoms. The number of nitrogens with one attached hydrogen (secondary N) is 1. The average Bonchev–Trinajstić information content (AvgIpc) is 2.94. The Bertz CT molecular complexity index is 355. The van der Waals surface area contributed by atoms with Crippen LogP contribution in [0, 0.1) is 0 Å². The Morgan fingerprint density at radius 3 is 2.61 bits per heavy atom. The highest BCUT2D eigenvalue weighted by molar-refractivity contribution is 5.29. The topological polar surface area (TPSA) is 44.3 Å². The van der Waals surface area contributed by atoms with Crippen LogP contribution in [-0.4, -0.2) is 60.2 Å². The Morgan fingerprint density at radius 2 is 1.94 bits per heavy atom. The van der Waals surface area contributed by atoms with Crippen molar-refractivity contribution in [2.75, 3.05) is 44.2 Å². The highest BCUT2D eigenvalue weighted by Gasteiger charge is 2.22. The second kappa shape index (κ2) is 5.63. The van der Waals surface area contributed by atoms with E-state index in [-0.39, 0.29) is 0 Å². The van der Waals surface area contributed by atoms with E-state index in [0.29, 0.717) is 6.04 Å². The SMILES string of the molecule is c1cnc(N2CCN(CC3CCCN3)CC2)nc1. The highest BCUT2D eigenvalue weighted by Crippen LogP contribution is 2.12. The van der Waals surface area contributed by atoms with Gasteiger partial charge in [-0.25, -0.2) is 9.97 Å². The summed E-state index contributed by atoms with van der Waals surface area (Å²) in [6, 6.07) is 2.58. The summed E-state index contributed by atoms with van der Waals surface area (Å²) in [4.78, 5) is 13.5. The second-order valence-corrected chi connectivity index (χ2v) is 5.13. The lowest BCUT2D eigenvalue weighted by Crippen LogP contribution is -2.50. The molecule has 1 unspecified atom stereocenters. The lowest BCUT2D eigenvalue weighted by Gasteiger charge is -2.35. The van der Waals surface area contributed by atoms with Crippen LogP contribution in [0.4, 0.5) is 5.95 Å². The molecule has 0 amide bonds. The van der Waals surface area contributed by atoms with E-state index < -0.39 is 0 Å². The molecule has 3 rings (SSSR count). The second-order valence-electron chi connectivity index (χ2n) is 5.13. The number of rotatable bonds is 3. The van der Waals surface area contributed by atoms with E-state index >= 15 is 0 Å². The summed E-state index contributed by atoms with van der Waals surface area (Å²) in [6.45, 7) is 6.71. The molecular weight excluding hydrogens is 226 g/mol. The first-order valence-corrected chi connectivity index (χ1v) is 6.89. The third-order valence-electron chi connectivity index (χ3n) is 3.85. The van der Waals surface area contributed by atoms with Crippen molar-refractivity contribution in [1.29, 1.82) is 0 Å². The van der Waals surface area contributed by atoms with E-state index in [1.165, 1.54) is 25.9 Å². The van der Waals surface area contributed by atoms with Crippen LogP contribution < -0.4 is 10.2 Å². The molecule has 98 valence electrons. The van der Waals surface area contributed by atoms with Gasteiger partial charge in [-0.2, -0.15) is 0 Å². The van der Waals surface area contributed by atoms with Crippen LogP contribution in [-0.2, 0) is 0 Å². The van der Waals surface area contributed by atoms with Gasteiger partial charge in [-0.05, 0) is 25.5 Å². The molecule has 2 saturated heterocycles. The van der Waals surface area contributed by atoms with Gasteiger partial charge in [-0.15, -0.1) is 0 Å². The largest absolute Gasteiger partial charge is 0.338 e. The number of piperazine rings is 1. The fourth-order valence-electron chi connectivity index (χ4n) is 2.81. The van der Waals surface area contributed by atoms with E-state index in [4.69, 9.17) is 0 Å². The Labute approximate surface area is 108 Å². The number of hydrogen-bond acceptors (Lipinski definition) is 5. The first-order valence-electron chi connectivity index (χ1n) is 6.89. The Balaban J connectivity index is 1.49. The summed E-state index contributed by atoms with van der Waals surface area (Å²) in [5.74, 6) is 0.871. The molecule has 0 radical (unpaired) electrons. The zero-order valence-electron chi connectivity index (χ0n) is 10.8. The molecule has 0 bridgehead atoms. The van der Waals surface area contributed by atoms with Gasteiger partial charge in [0, 0.05) is 51.2 Å². The number of aromatic nitrogens is 2. The summed E-state index contributed by atoms with van der Waals surface area (Å²) in [7, 11) is 0. The number of anilines is 1. The van der Waals surface area contributed by atoms with Gasteiger partial charge >= 0.3 is 0 Å². The van der Waals surface area contributed by atoms with Crippen LogP contribution in [0.2, 0.25) is 0 Å². The van der Waals surface area contributed by atoms with Gasteiger partial charge in [0.05, 0.1) is 0 Å². The summed E-state index contributed by atoms with van der Waals surface area (Å²) in [5, 5.41) is 3.57. The molecule has 0 aromatic carbocycles. The molecule has 5 heteroatoms. The van der Waals surface area contributed by atoms with Gasteiger partial charge in [-0.3, -0.25) is 4.90 Å². The minimum Gasteiger partial charge on any atom is -0.338 e. The van der Waals surface area contributed by atoms with E-state index in [1.807, 2.05) is 18.5 Å². The smallest absolute Gasteiger partial charge is 0.225 e. The van der Waals surface area contributed by atoms with Crippen LogP contribution in [0.15, 0.2) is 18.5 Å². The zero-order valence-corrected chi connectivity index (χ0v) is 10.8. The van der Waals surface area contributed by atoms with Gasteiger partial charge in [0.1, 0.15) is 0 Å². The molecule has 1 aromatic rings. The van der Waals surface area contributed by atoms with Crippen molar-refractivity contribution >= 4 is 5.95 Å². The molecule has 2 aliphatic heterocycles. The maximum Gasteiger partial charge on any atom is 0.225 e. The quantitative estimate of drug-likeness (QED) is 0.835.